The molecule has 1 N–H and O–H groups in total. The van der Waals surface area contributed by atoms with Crippen molar-refractivity contribution in [1.29, 1.82) is 0 Å². The molecule has 0 aliphatic heterocycles. The van der Waals surface area contributed by atoms with Crippen LogP contribution < -0.4 is 0 Å². The van der Waals surface area contributed by atoms with Crippen molar-refractivity contribution in [3.63, 3.8) is 0 Å². The number of rotatable bonds is 1. The minimum Gasteiger partial charge on any atom is -0.385 e. The molecule has 1 heteroatoms. The van der Waals surface area contributed by atoms with E-state index < -0.39 is 5.60 Å². The number of hydrogen-bond acceptors (Lipinski definition) is 1. The highest BCUT2D eigenvalue weighted by molar-refractivity contribution is 5.35. The highest BCUT2D eigenvalue weighted by Gasteiger charge is 2.43. The standard InChI is InChI=1S/C17H26O/c1-12-6-7-14(3)15(8-12)17(18)10-13(2)9-16(4,5)11-17/h6-8,13,18H,9-11H2,1-5H3. The second-order valence-electron chi connectivity index (χ2n) is 7.20. The third kappa shape index (κ3) is 2.61. The first-order valence-electron chi connectivity index (χ1n) is 7.02. The summed E-state index contributed by atoms with van der Waals surface area (Å²) in [5, 5.41) is 11.2. The molecule has 1 nitrogen and oxygen atoms in total. The first kappa shape index (κ1) is 13.6. The van der Waals surface area contributed by atoms with Gasteiger partial charge in [0, 0.05) is 0 Å². The highest BCUT2D eigenvalue weighted by Crippen LogP contribution is 2.49. The molecule has 2 atom stereocenters. The molecule has 1 fully saturated rings. The van der Waals surface area contributed by atoms with Crippen LogP contribution >= 0.6 is 0 Å². The fraction of sp³-hybridized carbons (Fsp3) is 0.647. The molecule has 0 heterocycles. The maximum Gasteiger partial charge on any atom is 0.0906 e. The molecule has 1 saturated carbocycles. The van der Waals surface area contributed by atoms with E-state index in [1.807, 2.05) is 0 Å². The molecule has 2 rings (SSSR count). The Balaban J connectivity index is 2.43. The van der Waals surface area contributed by atoms with E-state index >= 15 is 0 Å². The van der Waals surface area contributed by atoms with Gasteiger partial charge < -0.3 is 5.11 Å². The van der Waals surface area contributed by atoms with Gasteiger partial charge in [-0.05, 0) is 55.6 Å². The van der Waals surface area contributed by atoms with Crippen LogP contribution in [0.5, 0.6) is 0 Å². The van der Waals surface area contributed by atoms with Gasteiger partial charge in [0.05, 0.1) is 5.60 Å². The second-order valence-corrected chi connectivity index (χ2v) is 7.20. The predicted octanol–water partition coefficient (Wildman–Crippen LogP) is 4.34. The van der Waals surface area contributed by atoms with E-state index in [9.17, 15) is 5.11 Å². The Kier molecular flexibility index (Phi) is 3.31. The summed E-state index contributed by atoms with van der Waals surface area (Å²) < 4.78 is 0. The molecule has 0 bridgehead atoms. The number of benzene rings is 1. The van der Waals surface area contributed by atoms with E-state index in [0.717, 1.165) is 18.4 Å². The largest absolute Gasteiger partial charge is 0.385 e. The average Bonchev–Trinajstić information content (AvgIpc) is 2.17. The summed E-state index contributed by atoms with van der Waals surface area (Å²) >= 11 is 0. The van der Waals surface area contributed by atoms with Gasteiger partial charge in [-0.15, -0.1) is 0 Å². The van der Waals surface area contributed by atoms with Crippen LogP contribution in [0.4, 0.5) is 0 Å². The molecule has 0 amide bonds. The van der Waals surface area contributed by atoms with Crippen LogP contribution in [0.25, 0.3) is 0 Å². The van der Waals surface area contributed by atoms with Crippen molar-refractivity contribution >= 4 is 0 Å². The second kappa shape index (κ2) is 4.38. The Hall–Kier alpha value is -0.820. The lowest BCUT2D eigenvalue weighted by Gasteiger charge is -2.45. The molecule has 0 aromatic heterocycles. The average molecular weight is 246 g/mol. The molecule has 1 aliphatic carbocycles. The summed E-state index contributed by atoms with van der Waals surface area (Å²) in [5.41, 5.74) is 3.18. The van der Waals surface area contributed by atoms with Gasteiger partial charge in [-0.1, -0.05) is 44.5 Å². The van der Waals surface area contributed by atoms with Crippen molar-refractivity contribution in [1.82, 2.24) is 0 Å². The highest BCUT2D eigenvalue weighted by atomic mass is 16.3. The Morgan fingerprint density at radius 3 is 2.44 bits per heavy atom. The van der Waals surface area contributed by atoms with Crippen molar-refractivity contribution in [2.45, 2.75) is 59.5 Å². The van der Waals surface area contributed by atoms with Crippen molar-refractivity contribution in [2.24, 2.45) is 11.3 Å². The number of hydrogen-bond donors (Lipinski definition) is 1. The van der Waals surface area contributed by atoms with Crippen molar-refractivity contribution in [3.8, 4) is 0 Å². The van der Waals surface area contributed by atoms with Gasteiger partial charge in [0.25, 0.3) is 0 Å². The summed E-state index contributed by atoms with van der Waals surface area (Å²) in [6.07, 6.45) is 2.97. The van der Waals surface area contributed by atoms with Crippen LogP contribution in [-0.2, 0) is 5.60 Å². The van der Waals surface area contributed by atoms with Crippen LogP contribution in [-0.4, -0.2) is 5.11 Å². The summed E-state index contributed by atoms with van der Waals surface area (Å²) in [4.78, 5) is 0. The lowest BCUT2D eigenvalue weighted by atomic mass is 9.63. The molecular formula is C17H26O. The Morgan fingerprint density at radius 1 is 1.17 bits per heavy atom. The maximum atomic E-state index is 11.2. The molecule has 1 aromatic rings. The van der Waals surface area contributed by atoms with Gasteiger partial charge >= 0.3 is 0 Å². The Labute approximate surface area is 111 Å². The Morgan fingerprint density at radius 2 is 1.83 bits per heavy atom. The zero-order chi connectivity index (χ0) is 13.6. The SMILES string of the molecule is Cc1ccc(C)c(C2(O)CC(C)CC(C)(C)C2)c1. The first-order valence-corrected chi connectivity index (χ1v) is 7.02. The maximum absolute atomic E-state index is 11.2. The minimum absolute atomic E-state index is 0.225. The summed E-state index contributed by atoms with van der Waals surface area (Å²) in [6, 6.07) is 6.43. The van der Waals surface area contributed by atoms with E-state index in [1.165, 1.54) is 17.5 Å². The van der Waals surface area contributed by atoms with Gasteiger partial charge in [0.1, 0.15) is 0 Å². The predicted molar refractivity (Wildman–Crippen MR) is 76.6 cm³/mol. The third-order valence-electron chi connectivity index (χ3n) is 4.25. The minimum atomic E-state index is -0.642. The van der Waals surface area contributed by atoms with Gasteiger partial charge in [0.15, 0.2) is 0 Å². The molecule has 100 valence electrons. The van der Waals surface area contributed by atoms with E-state index in [1.54, 1.807) is 0 Å². The summed E-state index contributed by atoms with van der Waals surface area (Å²) in [7, 11) is 0. The summed E-state index contributed by atoms with van der Waals surface area (Å²) in [6.45, 7) is 11.0. The lowest BCUT2D eigenvalue weighted by molar-refractivity contribution is -0.0639. The molecule has 1 aliphatic rings. The monoisotopic (exact) mass is 246 g/mol. The Bertz CT molecular complexity index is 447. The summed E-state index contributed by atoms with van der Waals surface area (Å²) in [5.74, 6) is 0.582. The number of aryl methyl sites for hydroxylation is 2. The first-order chi connectivity index (χ1) is 8.22. The van der Waals surface area contributed by atoms with E-state index in [2.05, 4.69) is 52.8 Å². The molecular weight excluding hydrogens is 220 g/mol. The molecule has 1 aromatic carbocycles. The lowest BCUT2D eigenvalue weighted by Crippen LogP contribution is -2.40. The van der Waals surface area contributed by atoms with E-state index in [-0.39, 0.29) is 5.41 Å². The molecule has 2 unspecified atom stereocenters. The van der Waals surface area contributed by atoms with Crippen molar-refractivity contribution in [2.75, 3.05) is 0 Å². The third-order valence-corrected chi connectivity index (χ3v) is 4.25. The number of aliphatic hydroxyl groups is 1. The van der Waals surface area contributed by atoms with E-state index in [4.69, 9.17) is 0 Å². The normalized spacial score (nSPS) is 31.3. The topological polar surface area (TPSA) is 20.2 Å². The van der Waals surface area contributed by atoms with Crippen LogP contribution in [0, 0.1) is 25.2 Å². The van der Waals surface area contributed by atoms with Crippen LogP contribution in [0.3, 0.4) is 0 Å². The molecule has 18 heavy (non-hydrogen) atoms. The van der Waals surface area contributed by atoms with Crippen LogP contribution in [0.2, 0.25) is 0 Å². The molecule has 0 saturated heterocycles. The van der Waals surface area contributed by atoms with Gasteiger partial charge in [-0.25, -0.2) is 0 Å². The van der Waals surface area contributed by atoms with Crippen LogP contribution in [0.1, 0.15) is 56.7 Å². The van der Waals surface area contributed by atoms with Gasteiger partial charge in [-0.2, -0.15) is 0 Å². The quantitative estimate of drug-likeness (QED) is 0.781. The fourth-order valence-electron chi connectivity index (χ4n) is 3.97. The van der Waals surface area contributed by atoms with E-state index in [0.29, 0.717) is 5.92 Å². The molecule has 0 spiro atoms. The molecule has 0 radical (unpaired) electrons. The van der Waals surface area contributed by atoms with Gasteiger partial charge in [0.2, 0.25) is 0 Å². The fourth-order valence-corrected chi connectivity index (χ4v) is 3.97. The smallest absolute Gasteiger partial charge is 0.0906 e. The van der Waals surface area contributed by atoms with Crippen molar-refractivity contribution in [3.05, 3.63) is 34.9 Å². The van der Waals surface area contributed by atoms with Crippen molar-refractivity contribution < 1.29 is 5.11 Å². The van der Waals surface area contributed by atoms with Gasteiger partial charge in [-0.3, -0.25) is 0 Å². The van der Waals surface area contributed by atoms with Crippen LogP contribution in [0.15, 0.2) is 18.2 Å². The zero-order valence-electron chi connectivity index (χ0n) is 12.4. The zero-order valence-corrected chi connectivity index (χ0v) is 12.4.